The topological polar surface area (TPSA) is 113 Å². The summed E-state index contributed by atoms with van der Waals surface area (Å²) in [5.74, 6) is -1.24. The fourth-order valence-corrected chi connectivity index (χ4v) is 2.40. The molecule has 0 heterocycles. The number of rotatable bonds is 7. The van der Waals surface area contributed by atoms with Gasteiger partial charge in [0.1, 0.15) is 5.69 Å². The van der Waals surface area contributed by atoms with E-state index in [2.05, 4.69) is 5.32 Å². The maximum atomic E-state index is 11.2. The zero-order valence-corrected chi connectivity index (χ0v) is 11.9. The van der Waals surface area contributed by atoms with Crippen LogP contribution < -0.4 is 5.32 Å². The number of nitrogens with one attached hydrogen (secondary N) is 1. The second kappa shape index (κ2) is 7.11. The smallest absolute Gasteiger partial charge is 0.338 e. The number of anilines is 1. The van der Waals surface area contributed by atoms with Crippen molar-refractivity contribution >= 4 is 29.1 Å². The van der Waals surface area contributed by atoms with Crippen molar-refractivity contribution < 1.29 is 19.9 Å². The second-order valence-electron chi connectivity index (χ2n) is 4.15. The number of aliphatic hydroxyl groups is 1. The lowest BCUT2D eigenvalue weighted by molar-refractivity contribution is -0.384. The highest BCUT2D eigenvalue weighted by molar-refractivity contribution is 7.99. The first kappa shape index (κ1) is 16.3. The summed E-state index contributed by atoms with van der Waals surface area (Å²) in [6.45, 7) is 1.62. The predicted octanol–water partition coefficient (Wildman–Crippen LogP) is 1.82. The number of carbonyl (C=O) groups is 1. The summed E-state index contributed by atoms with van der Waals surface area (Å²) in [6.07, 6.45) is 1.80. The fourth-order valence-electron chi connectivity index (χ4n) is 1.78. The Hall–Kier alpha value is -1.80. The van der Waals surface area contributed by atoms with Crippen LogP contribution in [0.1, 0.15) is 17.3 Å². The van der Waals surface area contributed by atoms with Crippen molar-refractivity contribution in [1.29, 1.82) is 0 Å². The summed E-state index contributed by atoms with van der Waals surface area (Å²) in [4.78, 5) is 21.5. The van der Waals surface area contributed by atoms with Crippen LogP contribution >= 0.6 is 11.8 Å². The molecular weight excluding hydrogens is 284 g/mol. The molecule has 1 rings (SSSR count). The molecule has 0 aromatic heterocycles. The van der Waals surface area contributed by atoms with E-state index in [9.17, 15) is 20.0 Å². The standard InChI is InChI=1S/C12H16N2O5S/c1-7(10(6-15)20-2)13-11-8(12(16)17)4-3-5-9(11)14(18)19/h3-5,7,10,13,15H,6H2,1-2H3,(H,16,17). The number of nitrogens with zero attached hydrogens (tertiary/aromatic N) is 1. The van der Waals surface area contributed by atoms with Crippen molar-refractivity contribution in [2.45, 2.75) is 18.2 Å². The Morgan fingerprint density at radius 1 is 1.55 bits per heavy atom. The number of para-hydroxylation sites is 1. The highest BCUT2D eigenvalue weighted by Gasteiger charge is 2.25. The number of carboxylic acid groups (broad SMARTS) is 1. The summed E-state index contributed by atoms with van der Waals surface area (Å²) in [6, 6.07) is 3.55. The number of hydrogen-bond acceptors (Lipinski definition) is 6. The summed E-state index contributed by atoms with van der Waals surface area (Å²) >= 11 is 1.40. The minimum atomic E-state index is -1.24. The van der Waals surface area contributed by atoms with Crippen LogP contribution in [0.4, 0.5) is 11.4 Å². The van der Waals surface area contributed by atoms with Crippen LogP contribution in [0.25, 0.3) is 0 Å². The Bertz CT molecular complexity index is 472. The van der Waals surface area contributed by atoms with Crippen LogP contribution in [0.3, 0.4) is 0 Å². The van der Waals surface area contributed by atoms with Gasteiger partial charge in [-0.15, -0.1) is 0 Å². The maximum Gasteiger partial charge on any atom is 0.338 e. The SMILES string of the molecule is CSC(CO)C(C)Nc1c(C(=O)O)cccc1[N+](=O)[O-]. The number of thioether (sulfide) groups is 1. The quantitative estimate of drug-likeness (QED) is 0.520. The van der Waals surface area contributed by atoms with Crippen molar-refractivity contribution in [3.05, 3.63) is 33.9 Å². The number of aliphatic hydroxyl groups excluding tert-OH is 1. The zero-order chi connectivity index (χ0) is 15.3. The predicted molar refractivity (Wildman–Crippen MR) is 77.5 cm³/mol. The Labute approximate surface area is 120 Å². The van der Waals surface area contributed by atoms with E-state index in [1.165, 1.54) is 30.0 Å². The molecule has 3 N–H and O–H groups in total. The van der Waals surface area contributed by atoms with E-state index in [-0.39, 0.29) is 34.8 Å². The van der Waals surface area contributed by atoms with Crippen LogP contribution in [-0.2, 0) is 0 Å². The number of benzene rings is 1. The number of nitro benzene ring substituents is 1. The molecule has 2 atom stereocenters. The Morgan fingerprint density at radius 2 is 2.20 bits per heavy atom. The Balaban J connectivity index is 3.20. The number of carboxylic acids is 1. The molecule has 0 radical (unpaired) electrons. The van der Waals surface area contributed by atoms with Crippen LogP contribution in [0, 0.1) is 10.1 Å². The van der Waals surface area contributed by atoms with Gasteiger partial charge in [0.2, 0.25) is 0 Å². The largest absolute Gasteiger partial charge is 0.478 e. The lowest BCUT2D eigenvalue weighted by atomic mass is 10.1. The zero-order valence-electron chi connectivity index (χ0n) is 11.1. The van der Waals surface area contributed by atoms with Gasteiger partial charge in [-0.1, -0.05) is 6.07 Å². The third kappa shape index (κ3) is 3.61. The molecule has 2 unspecified atom stereocenters. The van der Waals surface area contributed by atoms with E-state index in [0.29, 0.717) is 0 Å². The molecule has 110 valence electrons. The fraction of sp³-hybridized carbons (Fsp3) is 0.417. The van der Waals surface area contributed by atoms with Crippen molar-refractivity contribution in [3.63, 3.8) is 0 Å². The summed E-state index contributed by atoms with van der Waals surface area (Å²) in [5, 5.41) is 32.0. The normalized spacial score (nSPS) is 13.6. The van der Waals surface area contributed by atoms with Gasteiger partial charge in [0.25, 0.3) is 5.69 Å². The molecule has 0 saturated heterocycles. The van der Waals surface area contributed by atoms with Gasteiger partial charge in [-0.25, -0.2) is 4.79 Å². The van der Waals surface area contributed by atoms with Crippen LogP contribution in [0.2, 0.25) is 0 Å². The molecular formula is C12H16N2O5S. The maximum absolute atomic E-state index is 11.2. The average Bonchev–Trinajstić information content (AvgIpc) is 2.39. The minimum absolute atomic E-state index is 0.0370. The molecule has 8 heteroatoms. The monoisotopic (exact) mass is 300 g/mol. The van der Waals surface area contributed by atoms with Crippen molar-refractivity contribution in [2.75, 3.05) is 18.2 Å². The lowest BCUT2D eigenvalue weighted by Gasteiger charge is -2.23. The lowest BCUT2D eigenvalue weighted by Crippen LogP contribution is -2.31. The van der Waals surface area contributed by atoms with E-state index in [1.54, 1.807) is 13.2 Å². The van der Waals surface area contributed by atoms with Gasteiger partial charge < -0.3 is 15.5 Å². The third-order valence-corrected chi connectivity index (χ3v) is 4.04. The highest BCUT2D eigenvalue weighted by Crippen LogP contribution is 2.30. The number of hydrogen-bond donors (Lipinski definition) is 3. The first-order valence-electron chi connectivity index (χ1n) is 5.83. The molecule has 1 aromatic rings. The molecule has 0 fully saturated rings. The van der Waals surface area contributed by atoms with E-state index >= 15 is 0 Å². The van der Waals surface area contributed by atoms with E-state index in [1.807, 2.05) is 0 Å². The molecule has 7 nitrogen and oxygen atoms in total. The summed E-state index contributed by atoms with van der Waals surface area (Å²) in [7, 11) is 0. The van der Waals surface area contributed by atoms with E-state index in [4.69, 9.17) is 5.11 Å². The minimum Gasteiger partial charge on any atom is -0.478 e. The molecule has 0 aliphatic carbocycles. The molecule has 0 bridgehead atoms. The van der Waals surface area contributed by atoms with Crippen LogP contribution in [-0.4, -0.2) is 45.3 Å². The van der Waals surface area contributed by atoms with E-state index < -0.39 is 10.9 Å². The van der Waals surface area contributed by atoms with Gasteiger partial charge in [0.05, 0.1) is 17.1 Å². The highest BCUT2D eigenvalue weighted by atomic mass is 32.2. The average molecular weight is 300 g/mol. The summed E-state index contributed by atoms with van der Waals surface area (Å²) in [5.41, 5.74) is -0.497. The molecule has 0 spiro atoms. The first-order valence-corrected chi connectivity index (χ1v) is 7.12. The third-order valence-electron chi connectivity index (χ3n) is 2.88. The van der Waals surface area contributed by atoms with E-state index in [0.717, 1.165) is 0 Å². The Morgan fingerprint density at radius 3 is 2.65 bits per heavy atom. The van der Waals surface area contributed by atoms with Crippen molar-refractivity contribution in [1.82, 2.24) is 0 Å². The molecule has 0 amide bonds. The van der Waals surface area contributed by atoms with Gasteiger partial charge in [0.15, 0.2) is 0 Å². The molecule has 0 saturated carbocycles. The second-order valence-corrected chi connectivity index (χ2v) is 5.23. The first-order chi connectivity index (χ1) is 9.42. The number of aromatic carboxylic acids is 1. The van der Waals surface area contributed by atoms with Crippen molar-refractivity contribution in [2.24, 2.45) is 0 Å². The summed E-state index contributed by atoms with van der Waals surface area (Å²) < 4.78 is 0. The molecule has 0 aliphatic rings. The van der Waals surface area contributed by atoms with Gasteiger partial charge in [0, 0.05) is 17.4 Å². The number of nitro groups is 1. The molecule has 20 heavy (non-hydrogen) atoms. The van der Waals surface area contributed by atoms with Gasteiger partial charge in [-0.2, -0.15) is 11.8 Å². The molecule has 1 aromatic carbocycles. The van der Waals surface area contributed by atoms with Gasteiger partial charge in [-0.05, 0) is 19.2 Å². The van der Waals surface area contributed by atoms with Gasteiger partial charge in [-0.3, -0.25) is 10.1 Å². The molecule has 0 aliphatic heterocycles. The van der Waals surface area contributed by atoms with Crippen LogP contribution in [0.15, 0.2) is 18.2 Å². The van der Waals surface area contributed by atoms with Gasteiger partial charge >= 0.3 is 5.97 Å². The van der Waals surface area contributed by atoms with Crippen LogP contribution in [0.5, 0.6) is 0 Å². The Kier molecular flexibility index (Phi) is 5.78. The van der Waals surface area contributed by atoms with Crippen molar-refractivity contribution in [3.8, 4) is 0 Å².